The van der Waals surface area contributed by atoms with Crippen molar-refractivity contribution in [3.8, 4) is 0 Å². The van der Waals surface area contributed by atoms with Gasteiger partial charge in [0.2, 0.25) is 0 Å². The molecule has 0 radical (unpaired) electrons. The molecule has 2 aromatic carbocycles. The van der Waals surface area contributed by atoms with E-state index < -0.39 is 70.7 Å². The lowest BCUT2D eigenvalue weighted by Crippen LogP contribution is -2.45. The molecule has 2 aliphatic rings. The van der Waals surface area contributed by atoms with Crippen LogP contribution in [0.15, 0.2) is 54.6 Å². The lowest BCUT2D eigenvalue weighted by molar-refractivity contribution is -0.154. The Morgan fingerprint density at radius 3 is 1.92 bits per heavy atom. The molecule has 1 aliphatic heterocycles. The molecule has 0 aromatic heterocycles. The minimum absolute atomic E-state index is 0.0406. The van der Waals surface area contributed by atoms with Crippen LogP contribution in [-0.2, 0) is 29.9 Å². The zero-order chi connectivity index (χ0) is 28.8. The average molecular weight is 565 g/mol. The van der Waals surface area contributed by atoms with E-state index in [1.54, 1.807) is 12.2 Å². The third kappa shape index (κ3) is 5.95. The minimum atomic E-state index is -4.94. The van der Waals surface area contributed by atoms with E-state index in [9.17, 15) is 49.4 Å². The third-order valence-corrected chi connectivity index (χ3v) is 7.79. The van der Waals surface area contributed by atoms with Crippen molar-refractivity contribution in [2.45, 2.75) is 56.8 Å². The Morgan fingerprint density at radius 1 is 0.846 bits per heavy atom. The molecule has 39 heavy (non-hydrogen) atoms. The van der Waals surface area contributed by atoms with Gasteiger partial charge < -0.3 is 5.11 Å². The number of hydrogen-bond acceptors (Lipinski definition) is 2. The zero-order valence-electron chi connectivity index (χ0n) is 20.3. The third-order valence-electron chi connectivity index (χ3n) is 7.79. The number of hydrogen-bond donors (Lipinski definition) is 1. The van der Waals surface area contributed by atoms with E-state index in [4.69, 9.17) is 0 Å². The maximum atomic E-state index is 13.7. The van der Waals surface area contributed by atoms with Crippen LogP contribution < -0.4 is 0 Å². The standard InChI is InChI=1S/C27H24F9NO2/c28-25(29,30)18-5-3-16(4-6-18)22-14-19(24(23(38)39)10-1-2-11-24)9-12-37(22)15-17-13-20(26(31,32)33)7-8-21(17)27(34,35)36/h1-8,13,19,22H,9-12,14-15H2,(H,38,39). The van der Waals surface area contributed by atoms with Crippen molar-refractivity contribution in [2.75, 3.05) is 6.54 Å². The molecule has 4 rings (SSSR count). The number of carboxylic acid groups (broad SMARTS) is 1. The predicted molar refractivity (Wildman–Crippen MR) is 122 cm³/mol. The number of benzene rings is 2. The maximum Gasteiger partial charge on any atom is 0.416 e. The summed E-state index contributed by atoms with van der Waals surface area (Å²) in [6.45, 7) is -0.519. The number of aliphatic carboxylic acids is 1. The molecule has 1 heterocycles. The van der Waals surface area contributed by atoms with Crippen LogP contribution in [0.25, 0.3) is 0 Å². The highest BCUT2D eigenvalue weighted by Crippen LogP contribution is 2.50. The first-order chi connectivity index (χ1) is 18.0. The van der Waals surface area contributed by atoms with E-state index in [0.29, 0.717) is 23.8 Å². The van der Waals surface area contributed by atoms with Crippen molar-refractivity contribution >= 4 is 5.97 Å². The van der Waals surface area contributed by atoms with Crippen LogP contribution in [0.4, 0.5) is 39.5 Å². The first kappa shape index (κ1) is 29.0. The average Bonchev–Trinajstić information content (AvgIpc) is 3.34. The highest BCUT2D eigenvalue weighted by molar-refractivity contribution is 5.76. The Morgan fingerprint density at radius 2 is 1.41 bits per heavy atom. The van der Waals surface area contributed by atoms with Gasteiger partial charge in [-0.1, -0.05) is 24.3 Å². The summed E-state index contributed by atoms with van der Waals surface area (Å²) < 4.78 is 121. The van der Waals surface area contributed by atoms with Crippen molar-refractivity contribution < 1.29 is 49.4 Å². The van der Waals surface area contributed by atoms with Gasteiger partial charge in [0.15, 0.2) is 0 Å². The summed E-state index contributed by atoms with van der Waals surface area (Å²) in [5, 5.41) is 10.0. The highest BCUT2D eigenvalue weighted by atomic mass is 19.4. The van der Waals surface area contributed by atoms with Crippen molar-refractivity contribution in [2.24, 2.45) is 11.3 Å². The summed E-state index contributed by atoms with van der Waals surface area (Å²) in [6, 6.07) is 4.37. The number of allylic oxidation sites excluding steroid dienone is 2. The van der Waals surface area contributed by atoms with E-state index in [-0.39, 0.29) is 32.2 Å². The fourth-order valence-corrected chi connectivity index (χ4v) is 5.70. The van der Waals surface area contributed by atoms with E-state index in [1.807, 2.05) is 0 Å². The molecule has 0 saturated carbocycles. The fraction of sp³-hybridized carbons (Fsp3) is 0.444. The van der Waals surface area contributed by atoms with E-state index >= 15 is 0 Å². The quantitative estimate of drug-likeness (QED) is 0.294. The molecule has 12 heteroatoms. The number of carboxylic acids is 1. The van der Waals surface area contributed by atoms with Crippen molar-refractivity contribution in [1.29, 1.82) is 0 Å². The van der Waals surface area contributed by atoms with Crippen LogP contribution in [0, 0.1) is 11.3 Å². The number of carbonyl (C=O) groups is 1. The molecule has 1 aliphatic carbocycles. The summed E-state index contributed by atoms with van der Waals surface area (Å²) >= 11 is 0. The molecule has 3 nitrogen and oxygen atoms in total. The van der Waals surface area contributed by atoms with Gasteiger partial charge >= 0.3 is 24.5 Å². The number of likely N-dealkylation sites (tertiary alicyclic amines) is 1. The van der Waals surface area contributed by atoms with Crippen molar-refractivity contribution in [1.82, 2.24) is 4.90 Å². The van der Waals surface area contributed by atoms with Gasteiger partial charge in [0.05, 0.1) is 22.1 Å². The molecule has 0 spiro atoms. The second kappa shape index (κ2) is 10.2. The molecule has 2 aromatic rings. The van der Waals surface area contributed by atoms with E-state index in [2.05, 4.69) is 0 Å². The topological polar surface area (TPSA) is 40.5 Å². The van der Waals surface area contributed by atoms with Gasteiger partial charge in [0.25, 0.3) is 0 Å². The first-order valence-corrected chi connectivity index (χ1v) is 12.1. The molecule has 1 saturated heterocycles. The van der Waals surface area contributed by atoms with Gasteiger partial charge in [0, 0.05) is 12.6 Å². The van der Waals surface area contributed by atoms with E-state index in [1.165, 1.54) is 17.0 Å². The second-order valence-corrected chi connectivity index (χ2v) is 10.0. The number of nitrogens with zero attached hydrogens (tertiary/aromatic N) is 1. The zero-order valence-corrected chi connectivity index (χ0v) is 20.3. The summed E-state index contributed by atoms with van der Waals surface area (Å²) in [4.78, 5) is 13.8. The summed E-state index contributed by atoms with van der Waals surface area (Å²) in [5.74, 6) is -1.51. The van der Waals surface area contributed by atoms with Gasteiger partial charge in [-0.25, -0.2) is 0 Å². The predicted octanol–water partition coefficient (Wildman–Crippen LogP) is 8.12. The Kier molecular flexibility index (Phi) is 7.57. The normalized spacial score (nSPS) is 22.3. The SMILES string of the molecule is O=C(O)C1(C2CCN(Cc3cc(C(F)(F)F)ccc3C(F)(F)F)C(c3ccc(C(F)(F)F)cc3)C2)CC=CC1. The highest BCUT2D eigenvalue weighted by Gasteiger charge is 2.49. The summed E-state index contributed by atoms with van der Waals surface area (Å²) in [6.07, 6.45) is -10.2. The molecule has 212 valence electrons. The molecular formula is C27H24F9NO2. The summed E-state index contributed by atoms with van der Waals surface area (Å²) in [7, 11) is 0. The molecule has 1 N–H and O–H groups in total. The Bertz CT molecular complexity index is 1220. The minimum Gasteiger partial charge on any atom is -0.481 e. The number of alkyl halides is 9. The van der Waals surface area contributed by atoms with Crippen LogP contribution in [0.3, 0.4) is 0 Å². The smallest absolute Gasteiger partial charge is 0.416 e. The Balaban J connectivity index is 1.74. The first-order valence-electron chi connectivity index (χ1n) is 12.1. The monoisotopic (exact) mass is 565 g/mol. The fourth-order valence-electron chi connectivity index (χ4n) is 5.70. The lowest BCUT2D eigenvalue weighted by atomic mass is 9.67. The molecule has 2 atom stereocenters. The molecule has 0 amide bonds. The number of rotatable bonds is 5. The van der Waals surface area contributed by atoms with Crippen molar-refractivity contribution in [3.05, 3.63) is 82.4 Å². The van der Waals surface area contributed by atoms with Crippen LogP contribution >= 0.6 is 0 Å². The van der Waals surface area contributed by atoms with Crippen molar-refractivity contribution in [3.63, 3.8) is 0 Å². The van der Waals surface area contributed by atoms with Crippen LogP contribution in [0.2, 0.25) is 0 Å². The largest absolute Gasteiger partial charge is 0.481 e. The van der Waals surface area contributed by atoms with Crippen LogP contribution in [0.1, 0.15) is 59.5 Å². The van der Waals surface area contributed by atoms with Gasteiger partial charge in [-0.3, -0.25) is 9.69 Å². The molecule has 0 bridgehead atoms. The van der Waals surface area contributed by atoms with Gasteiger partial charge in [-0.15, -0.1) is 0 Å². The maximum absolute atomic E-state index is 13.7. The molecule has 2 unspecified atom stereocenters. The molecule has 1 fully saturated rings. The Labute approximate surface area is 217 Å². The van der Waals surface area contributed by atoms with Gasteiger partial charge in [-0.05, 0) is 79.6 Å². The van der Waals surface area contributed by atoms with Crippen LogP contribution in [0.5, 0.6) is 0 Å². The summed E-state index contributed by atoms with van der Waals surface area (Å²) in [5.41, 5.74) is -4.92. The van der Waals surface area contributed by atoms with E-state index in [0.717, 1.165) is 12.1 Å². The number of piperidine rings is 1. The number of halogens is 9. The molecular weight excluding hydrogens is 541 g/mol. The lowest BCUT2D eigenvalue weighted by Gasteiger charge is -2.45. The Hall–Kier alpha value is -3.02. The van der Waals surface area contributed by atoms with Gasteiger partial charge in [-0.2, -0.15) is 39.5 Å². The second-order valence-electron chi connectivity index (χ2n) is 10.0. The van der Waals surface area contributed by atoms with Crippen LogP contribution in [-0.4, -0.2) is 22.5 Å². The van der Waals surface area contributed by atoms with Gasteiger partial charge in [0.1, 0.15) is 0 Å².